The first kappa shape index (κ1) is 14.1. The van der Waals surface area contributed by atoms with Gasteiger partial charge in [0.2, 0.25) is 5.82 Å². The second-order valence-corrected chi connectivity index (χ2v) is 4.80. The Morgan fingerprint density at radius 3 is 2.42 bits per heavy atom. The lowest BCUT2D eigenvalue weighted by Crippen LogP contribution is -2.28. The Morgan fingerprint density at radius 1 is 1.16 bits per heavy atom. The van der Waals surface area contributed by atoms with Gasteiger partial charge >= 0.3 is 0 Å². The van der Waals surface area contributed by atoms with E-state index in [2.05, 4.69) is 5.32 Å². The summed E-state index contributed by atoms with van der Waals surface area (Å²) in [7, 11) is 2.62. The molecule has 1 aliphatic heterocycles. The molecule has 1 fully saturated rings. The molecule has 1 heterocycles. The molecule has 19 heavy (non-hydrogen) atoms. The van der Waals surface area contributed by atoms with Crippen LogP contribution in [0.3, 0.4) is 0 Å². The van der Waals surface area contributed by atoms with Gasteiger partial charge in [-0.1, -0.05) is 0 Å². The first-order valence-corrected chi connectivity index (χ1v) is 6.47. The van der Waals surface area contributed by atoms with E-state index < -0.39 is 11.6 Å². The highest BCUT2D eigenvalue weighted by Gasteiger charge is 2.22. The van der Waals surface area contributed by atoms with Gasteiger partial charge in [0.15, 0.2) is 17.3 Å². The first-order valence-electron chi connectivity index (χ1n) is 6.47. The third-order valence-electron chi connectivity index (χ3n) is 3.59. The molecule has 1 aliphatic rings. The van der Waals surface area contributed by atoms with Gasteiger partial charge in [-0.25, -0.2) is 4.39 Å². The Bertz CT molecular complexity index is 446. The zero-order valence-electron chi connectivity index (χ0n) is 11.3. The van der Waals surface area contributed by atoms with Gasteiger partial charge in [-0.15, -0.1) is 0 Å². The lowest BCUT2D eigenvalue weighted by atomic mass is 9.90. The second-order valence-electron chi connectivity index (χ2n) is 4.80. The minimum atomic E-state index is -0.781. The van der Waals surface area contributed by atoms with Crippen molar-refractivity contribution < 1.29 is 18.3 Å². The fraction of sp³-hybridized carbons (Fsp3) is 0.571. The molecule has 106 valence electrons. The molecule has 0 saturated carbocycles. The van der Waals surface area contributed by atoms with Crippen molar-refractivity contribution >= 4 is 0 Å². The summed E-state index contributed by atoms with van der Waals surface area (Å²) in [5.74, 6) is -1.31. The van der Waals surface area contributed by atoms with Crippen LogP contribution in [0.5, 0.6) is 11.5 Å². The van der Waals surface area contributed by atoms with Crippen LogP contribution in [0.25, 0.3) is 0 Å². The third kappa shape index (κ3) is 2.97. The van der Waals surface area contributed by atoms with E-state index in [1.807, 2.05) is 0 Å². The summed E-state index contributed by atoms with van der Waals surface area (Å²) >= 11 is 0. The van der Waals surface area contributed by atoms with Crippen LogP contribution in [0.4, 0.5) is 8.78 Å². The number of rotatable bonds is 4. The average molecular weight is 271 g/mol. The number of hydrogen-bond donors (Lipinski definition) is 1. The van der Waals surface area contributed by atoms with Gasteiger partial charge in [0.05, 0.1) is 14.2 Å². The Hall–Kier alpha value is -1.36. The molecule has 0 aromatic heterocycles. The van der Waals surface area contributed by atoms with Crippen molar-refractivity contribution in [2.45, 2.75) is 19.3 Å². The van der Waals surface area contributed by atoms with Gasteiger partial charge in [0, 0.05) is 0 Å². The van der Waals surface area contributed by atoms with Crippen LogP contribution in [-0.4, -0.2) is 27.3 Å². The van der Waals surface area contributed by atoms with E-state index in [1.165, 1.54) is 20.3 Å². The predicted octanol–water partition coefficient (Wildman–Crippen LogP) is 2.52. The Labute approximate surface area is 111 Å². The van der Waals surface area contributed by atoms with Crippen LogP contribution in [0.2, 0.25) is 0 Å². The maximum absolute atomic E-state index is 14.2. The molecule has 5 heteroatoms. The third-order valence-corrected chi connectivity index (χ3v) is 3.59. The molecule has 0 radical (unpaired) electrons. The minimum absolute atomic E-state index is 0.0298. The monoisotopic (exact) mass is 271 g/mol. The SMILES string of the molecule is COc1cc(CC2CCNCC2)c(F)c(OC)c1F. The number of ether oxygens (including phenoxy) is 2. The highest BCUT2D eigenvalue weighted by atomic mass is 19.1. The Morgan fingerprint density at radius 2 is 1.84 bits per heavy atom. The van der Waals surface area contributed by atoms with Gasteiger partial charge in [-0.3, -0.25) is 0 Å². The van der Waals surface area contributed by atoms with Crippen LogP contribution in [0, 0.1) is 17.6 Å². The average Bonchev–Trinajstić information content (AvgIpc) is 2.44. The van der Waals surface area contributed by atoms with Crippen molar-refractivity contribution in [1.29, 1.82) is 0 Å². The molecular weight excluding hydrogens is 252 g/mol. The maximum atomic E-state index is 14.2. The zero-order chi connectivity index (χ0) is 13.8. The number of methoxy groups -OCH3 is 2. The summed E-state index contributed by atoms with van der Waals surface area (Å²) < 4.78 is 37.7. The van der Waals surface area contributed by atoms with E-state index >= 15 is 0 Å². The van der Waals surface area contributed by atoms with Crippen molar-refractivity contribution in [3.8, 4) is 11.5 Å². The predicted molar refractivity (Wildman–Crippen MR) is 68.8 cm³/mol. The second kappa shape index (κ2) is 6.19. The van der Waals surface area contributed by atoms with Crippen LogP contribution in [0.1, 0.15) is 18.4 Å². The summed E-state index contributed by atoms with van der Waals surface area (Å²) in [4.78, 5) is 0. The number of piperidine rings is 1. The number of benzene rings is 1. The van der Waals surface area contributed by atoms with Crippen LogP contribution in [-0.2, 0) is 6.42 Å². The number of nitrogens with one attached hydrogen (secondary N) is 1. The summed E-state index contributed by atoms with van der Waals surface area (Å²) in [6, 6.07) is 1.44. The lowest BCUT2D eigenvalue weighted by molar-refractivity contribution is 0.325. The fourth-order valence-electron chi connectivity index (χ4n) is 2.51. The van der Waals surface area contributed by atoms with E-state index in [-0.39, 0.29) is 11.5 Å². The molecule has 0 amide bonds. The number of hydrogen-bond acceptors (Lipinski definition) is 3. The molecule has 3 nitrogen and oxygen atoms in total. The van der Waals surface area contributed by atoms with Gasteiger partial charge in [-0.05, 0) is 49.9 Å². The molecule has 0 atom stereocenters. The van der Waals surface area contributed by atoms with Gasteiger partial charge in [0.1, 0.15) is 0 Å². The molecule has 1 aromatic carbocycles. The summed E-state index contributed by atoms with van der Waals surface area (Å²) in [6.07, 6.45) is 2.59. The Balaban J connectivity index is 2.28. The van der Waals surface area contributed by atoms with Crippen LogP contribution in [0.15, 0.2) is 6.07 Å². The molecule has 1 saturated heterocycles. The van der Waals surface area contributed by atoms with Crippen molar-refractivity contribution in [2.24, 2.45) is 5.92 Å². The number of halogens is 2. The van der Waals surface area contributed by atoms with Crippen molar-refractivity contribution in [2.75, 3.05) is 27.3 Å². The van der Waals surface area contributed by atoms with Gasteiger partial charge in [-0.2, -0.15) is 4.39 Å². The Kier molecular flexibility index (Phi) is 4.58. The quantitative estimate of drug-likeness (QED) is 0.912. The summed E-state index contributed by atoms with van der Waals surface area (Å²) in [5.41, 5.74) is 0.460. The standard InChI is InChI=1S/C14H19F2NO2/c1-18-11-8-10(7-9-3-5-17-6-4-9)12(15)14(19-2)13(11)16/h8-9,17H,3-7H2,1-2H3. The summed E-state index contributed by atoms with van der Waals surface area (Å²) in [6.45, 7) is 1.89. The smallest absolute Gasteiger partial charge is 0.209 e. The van der Waals surface area contributed by atoms with Crippen LogP contribution < -0.4 is 14.8 Å². The molecule has 0 spiro atoms. The van der Waals surface area contributed by atoms with Crippen molar-refractivity contribution in [3.05, 3.63) is 23.3 Å². The van der Waals surface area contributed by atoms with E-state index in [0.717, 1.165) is 25.9 Å². The van der Waals surface area contributed by atoms with Gasteiger partial charge < -0.3 is 14.8 Å². The van der Waals surface area contributed by atoms with Crippen molar-refractivity contribution in [3.63, 3.8) is 0 Å². The molecule has 1 aromatic rings. The maximum Gasteiger partial charge on any atom is 0.209 e. The molecule has 0 bridgehead atoms. The van der Waals surface area contributed by atoms with Crippen molar-refractivity contribution in [1.82, 2.24) is 5.32 Å². The lowest BCUT2D eigenvalue weighted by Gasteiger charge is -2.23. The fourth-order valence-corrected chi connectivity index (χ4v) is 2.51. The molecule has 0 unspecified atom stereocenters. The molecule has 1 N–H and O–H groups in total. The van der Waals surface area contributed by atoms with E-state index in [1.54, 1.807) is 0 Å². The first-order chi connectivity index (χ1) is 9.17. The minimum Gasteiger partial charge on any atom is -0.494 e. The highest BCUT2D eigenvalue weighted by Crippen LogP contribution is 2.34. The molecule has 2 rings (SSSR count). The molecule has 0 aliphatic carbocycles. The molecular formula is C14H19F2NO2. The largest absolute Gasteiger partial charge is 0.494 e. The van der Waals surface area contributed by atoms with E-state index in [9.17, 15) is 8.78 Å². The normalized spacial score (nSPS) is 16.4. The van der Waals surface area contributed by atoms with Gasteiger partial charge in [0.25, 0.3) is 0 Å². The topological polar surface area (TPSA) is 30.5 Å². The zero-order valence-corrected chi connectivity index (χ0v) is 11.3. The van der Waals surface area contributed by atoms with E-state index in [0.29, 0.717) is 17.9 Å². The highest BCUT2D eigenvalue weighted by molar-refractivity contribution is 5.42. The van der Waals surface area contributed by atoms with Crippen LogP contribution >= 0.6 is 0 Å². The summed E-state index contributed by atoms with van der Waals surface area (Å²) in [5, 5.41) is 3.27. The van der Waals surface area contributed by atoms with E-state index in [4.69, 9.17) is 9.47 Å².